The molecule has 0 spiro atoms. The Hall–Kier alpha value is 0.580. The molecule has 0 unspecified atom stereocenters. The first-order valence-electron chi connectivity index (χ1n) is 19.7. The van der Waals surface area contributed by atoms with E-state index < -0.39 is 20.8 Å². The first-order valence-corrected chi connectivity index (χ1v) is 22.4. The summed E-state index contributed by atoms with van der Waals surface area (Å²) in [5, 5.41) is 25.5. The Labute approximate surface area is 336 Å². The molecule has 0 aromatic rings. The summed E-state index contributed by atoms with van der Waals surface area (Å²) >= 11 is 0. The molecule has 0 aliphatic carbocycles. The number of aliphatic hydroxyl groups is 3. The van der Waals surface area contributed by atoms with Crippen LogP contribution in [0.2, 0.25) is 0 Å². The van der Waals surface area contributed by atoms with E-state index in [0.717, 1.165) is 25.7 Å². The van der Waals surface area contributed by atoms with Crippen molar-refractivity contribution in [2.24, 2.45) is 0 Å². The Morgan fingerprint density at radius 3 is 0.902 bits per heavy atom. The number of rotatable bonds is 36. The molecule has 0 saturated carbocycles. The Morgan fingerprint density at radius 2 is 0.686 bits per heavy atom. The second-order valence-electron chi connectivity index (χ2n) is 13.0. The molecule has 0 aliphatic rings. The van der Waals surface area contributed by atoms with Crippen molar-refractivity contribution < 1.29 is 79.2 Å². The number of hydrogen-bond acceptors (Lipinski definition) is 11. The molecule has 51 heavy (non-hydrogen) atoms. The summed E-state index contributed by atoms with van der Waals surface area (Å²) in [6.07, 6.45) is 32.2. The molecule has 0 saturated heterocycles. The third-order valence-corrected chi connectivity index (χ3v) is 9.12. The maximum absolute atomic E-state index is 10.3. The molecule has 0 aliphatic heterocycles. The van der Waals surface area contributed by atoms with Crippen LogP contribution in [0.4, 0.5) is 0 Å². The van der Waals surface area contributed by atoms with Crippen LogP contribution >= 0.6 is 0 Å². The molecule has 0 rings (SSSR count). The minimum Gasteiger partial charge on any atom is -0.726 e. The minimum absolute atomic E-state index is 0. The molecular weight excluding hydrogens is 710 g/mol. The average Bonchev–Trinajstić information content (AvgIpc) is 3.05. The van der Waals surface area contributed by atoms with E-state index in [0.29, 0.717) is 32.5 Å². The third-order valence-electron chi connectivity index (χ3n) is 8.20. The maximum Gasteiger partial charge on any atom is 1.00 e. The molecule has 0 radical (unpaired) electrons. The number of nitrogens with zero attached hydrogens (tertiary/aromatic N) is 1. The predicted octanol–water partition coefficient (Wildman–Crippen LogP) is 4.72. The van der Waals surface area contributed by atoms with Crippen LogP contribution in [0.1, 0.15) is 181 Å². The summed E-state index contributed by atoms with van der Waals surface area (Å²) < 4.78 is 67.8. The van der Waals surface area contributed by atoms with Crippen LogP contribution in [0.5, 0.6) is 0 Å². The van der Waals surface area contributed by atoms with Gasteiger partial charge in [-0.15, -0.1) is 0 Å². The van der Waals surface area contributed by atoms with Gasteiger partial charge in [0.25, 0.3) is 0 Å². The number of aliphatic hydroxyl groups excluding tert-OH is 3. The first-order chi connectivity index (χ1) is 24.0. The van der Waals surface area contributed by atoms with Crippen LogP contribution < -0.4 is 29.6 Å². The third kappa shape index (κ3) is 62.9. The van der Waals surface area contributed by atoms with Gasteiger partial charge >= 0.3 is 40.0 Å². The van der Waals surface area contributed by atoms with Gasteiger partial charge in [-0.3, -0.25) is 13.6 Å². The van der Waals surface area contributed by atoms with Gasteiger partial charge in [0.1, 0.15) is 0 Å². The molecule has 0 bridgehead atoms. The van der Waals surface area contributed by atoms with Gasteiger partial charge in [0.15, 0.2) is 0 Å². The fourth-order valence-corrected chi connectivity index (χ4v) is 5.97. The van der Waals surface area contributed by atoms with E-state index in [9.17, 15) is 21.4 Å². The summed E-state index contributed by atoms with van der Waals surface area (Å²) in [7, 11) is -8.73. The van der Waals surface area contributed by atoms with Crippen molar-refractivity contribution in [2.45, 2.75) is 181 Å². The Kier molecular flexibility index (Phi) is 53.4. The Bertz CT molecular complexity index is 840. The van der Waals surface area contributed by atoms with Crippen LogP contribution in [0.3, 0.4) is 0 Å². The molecule has 4 N–H and O–H groups in total. The van der Waals surface area contributed by atoms with E-state index in [1.54, 1.807) is 4.90 Å². The van der Waals surface area contributed by atoms with E-state index in [1.165, 1.54) is 128 Å². The zero-order valence-electron chi connectivity index (χ0n) is 33.0. The molecule has 0 amide bonds. The van der Waals surface area contributed by atoms with Gasteiger partial charge in [-0.25, -0.2) is 12.6 Å². The summed E-state index contributed by atoms with van der Waals surface area (Å²) in [6.45, 7) is 6.35. The van der Waals surface area contributed by atoms with Crippen molar-refractivity contribution in [1.82, 2.24) is 4.90 Å². The second-order valence-corrected chi connectivity index (χ2v) is 15.1. The first kappa shape index (κ1) is 58.3. The van der Waals surface area contributed by atoms with Gasteiger partial charge in [-0.05, 0) is 12.8 Å². The van der Waals surface area contributed by atoms with Crippen LogP contribution in [0, 0.1) is 0 Å². The van der Waals surface area contributed by atoms with Gasteiger partial charge in [-0.2, -0.15) is 8.42 Å². The van der Waals surface area contributed by atoms with E-state index in [2.05, 4.69) is 22.2 Å². The van der Waals surface area contributed by atoms with E-state index in [4.69, 9.17) is 19.9 Å². The van der Waals surface area contributed by atoms with Gasteiger partial charge in [0.2, 0.25) is 10.4 Å². The largest absolute Gasteiger partial charge is 1.00 e. The van der Waals surface area contributed by atoms with Gasteiger partial charge in [-0.1, -0.05) is 168 Å². The SMILES string of the molecule is CCCCCCCCCCCCCCCCCCOS(=O)(=O)O.CCCCCCCCCCCCOS(=O)(=O)[O-].OCCN(CCO)CCO.[Na+]. The monoisotopic (exact) mass is 787 g/mol. The summed E-state index contributed by atoms with van der Waals surface area (Å²) in [5.74, 6) is 0. The van der Waals surface area contributed by atoms with Crippen LogP contribution in [-0.2, 0) is 29.2 Å². The van der Waals surface area contributed by atoms with E-state index >= 15 is 0 Å². The predicted molar refractivity (Wildman–Crippen MR) is 202 cm³/mol. The Morgan fingerprint density at radius 1 is 0.451 bits per heavy atom. The molecule has 15 heteroatoms. The molecular formula is C36H78NNaO11S2. The van der Waals surface area contributed by atoms with Crippen molar-refractivity contribution in [3.8, 4) is 0 Å². The van der Waals surface area contributed by atoms with Crippen LogP contribution in [-0.4, -0.2) is 98.8 Å². The molecule has 306 valence electrons. The number of hydrogen-bond donors (Lipinski definition) is 4. The topological polar surface area (TPSA) is 194 Å². The fraction of sp³-hybridized carbons (Fsp3) is 1.00. The zero-order valence-corrected chi connectivity index (χ0v) is 36.6. The van der Waals surface area contributed by atoms with Crippen molar-refractivity contribution in [2.75, 3.05) is 52.7 Å². The average molecular weight is 788 g/mol. The zero-order chi connectivity index (χ0) is 38.0. The molecule has 0 heterocycles. The molecule has 0 aromatic carbocycles. The standard InChI is InChI=1S/C18H38O4S.C12H26O4S.C6H15NO3.Na/c1-2-3-4-5-6-7-8-9-10-11-12-13-14-15-16-17-18-22-23(19,20)21;1-2-3-4-5-6-7-8-9-10-11-12-16-17(13,14)15;8-4-1-7(2-5-9)3-6-10;/h2-18H2,1H3,(H,19,20,21);2-12H2,1H3,(H,13,14,15);8-10H,1-6H2;/q;;;+1/p-1. The Balaban J connectivity index is -0.000000347. The van der Waals surface area contributed by atoms with Gasteiger partial charge in [0.05, 0.1) is 33.0 Å². The van der Waals surface area contributed by atoms with E-state index in [1.807, 2.05) is 0 Å². The molecule has 0 aromatic heterocycles. The van der Waals surface area contributed by atoms with Gasteiger partial charge in [0, 0.05) is 19.6 Å². The molecule has 12 nitrogen and oxygen atoms in total. The minimum atomic E-state index is -4.48. The van der Waals surface area contributed by atoms with Crippen LogP contribution in [0.15, 0.2) is 0 Å². The summed E-state index contributed by atoms with van der Waals surface area (Å²) in [6, 6.07) is 0. The summed E-state index contributed by atoms with van der Waals surface area (Å²) in [4.78, 5) is 1.79. The van der Waals surface area contributed by atoms with Crippen molar-refractivity contribution in [3.05, 3.63) is 0 Å². The second kappa shape index (κ2) is 46.7. The molecule has 0 fully saturated rings. The normalized spacial score (nSPS) is 11.5. The van der Waals surface area contributed by atoms with Crippen LogP contribution in [0.25, 0.3) is 0 Å². The number of unbranched alkanes of at least 4 members (excludes halogenated alkanes) is 24. The van der Waals surface area contributed by atoms with Gasteiger partial charge < -0.3 is 19.9 Å². The quantitative estimate of drug-likeness (QED) is 0.0296. The summed E-state index contributed by atoms with van der Waals surface area (Å²) in [5.41, 5.74) is 0. The fourth-order valence-electron chi connectivity index (χ4n) is 5.32. The smallest absolute Gasteiger partial charge is 0.726 e. The van der Waals surface area contributed by atoms with E-state index in [-0.39, 0.29) is 62.6 Å². The van der Waals surface area contributed by atoms with Crippen molar-refractivity contribution in [3.63, 3.8) is 0 Å². The maximum atomic E-state index is 10.3. The van der Waals surface area contributed by atoms with Crippen molar-refractivity contribution in [1.29, 1.82) is 0 Å². The molecule has 0 atom stereocenters. The van der Waals surface area contributed by atoms with Crippen molar-refractivity contribution >= 4 is 20.8 Å².